The summed E-state index contributed by atoms with van der Waals surface area (Å²) in [5.74, 6) is -0.343. The molecule has 0 aliphatic heterocycles. The van der Waals surface area contributed by atoms with Crippen molar-refractivity contribution < 1.29 is 13.9 Å². The van der Waals surface area contributed by atoms with Crippen molar-refractivity contribution in [3.63, 3.8) is 0 Å². The second-order valence-electron chi connectivity index (χ2n) is 2.85. The van der Waals surface area contributed by atoms with E-state index in [-0.39, 0.29) is 27.0 Å². The predicted molar refractivity (Wildman–Crippen MR) is 51.2 cm³/mol. The number of aromatic hydroxyl groups is 1. The van der Waals surface area contributed by atoms with Crippen LogP contribution >= 0.6 is 11.6 Å². The van der Waals surface area contributed by atoms with Gasteiger partial charge in [0.25, 0.3) is 0 Å². The maximum Gasteiger partial charge on any atom is 0.350 e. The van der Waals surface area contributed by atoms with Crippen LogP contribution in [-0.4, -0.2) is 25.3 Å². The molecule has 0 atom stereocenters. The highest BCUT2D eigenvalue weighted by atomic mass is 35.5. The maximum absolute atomic E-state index is 12.2. The zero-order chi connectivity index (χ0) is 11.7. The molecule has 0 unspecified atom stereocenters. The zero-order valence-electron chi connectivity index (χ0n) is 7.68. The molecule has 1 heterocycles. The molecule has 0 saturated heterocycles. The Labute approximate surface area is 93.3 Å². The van der Waals surface area contributed by atoms with Crippen LogP contribution in [0, 0.1) is 0 Å². The van der Waals surface area contributed by atoms with Crippen LogP contribution in [-0.2, 0) is 0 Å². The minimum absolute atomic E-state index is 0.0797. The third-order valence-corrected chi connectivity index (χ3v) is 2.13. The first-order valence-electron chi connectivity index (χ1n) is 4.15. The Morgan fingerprint density at radius 2 is 2.12 bits per heavy atom. The summed E-state index contributed by atoms with van der Waals surface area (Å²) in [6.45, 7) is -2.88. The number of hydrogen-bond acceptors (Lipinski definition) is 4. The molecule has 1 aromatic carbocycles. The fourth-order valence-corrected chi connectivity index (χ4v) is 1.40. The molecule has 1 N–H and O–H groups in total. The van der Waals surface area contributed by atoms with Gasteiger partial charge in [-0.25, -0.2) is 0 Å². The van der Waals surface area contributed by atoms with Crippen molar-refractivity contribution in [1.29, 1.82) is 0 Å². The van der Waals surface area contributed by atoms with E-state index < -0.39 is 6.55 Å². The number of phenols is 1. The molecule has 1 aromatic heterocycles. The maximum atomic E-state index is 12.2. The first kappa shape index (κ1) is 10.7. The van der Waals surface area contributed by atoms with Crippen LogP contribution in [0.3, 0.4) is 0 Å². The molecule has 16 heavy (non-hydrogen) atoms. The minimum atomic E-state index is -2.88. The number of alkyl halides is 2. The summed E-state index contributed by atoms with van der Waals surface area (Å²) >= 11 is 5.79. The smallest absolute Gasteiger partial charge is 0.350 e. The number of aromatic nitrogens is 4. The van der Waals surface area contributed by atoms with E-state index in [1.807, 2.05) is 0 Å². The van der Waals surface area contributed by atoms with Gasteiger partial charge in [-0.1, -0.05) is 22.5 Å². The SMILES string of the molecule is Oc1cccc(Cl)c1-c1nnn(C(F)F)n1. The molecule has 0 aliphatic rings. The molecular weight excluding hydrogens is 242 g/mol. The summed E-state index contributed by atoms with van der Waals surface area (Å²) in [6, 6.07) is 4.35. The summed E-state index contributed by atoms with van der Waals surface area (Å²) < 4.78 is 24.4. The van der Waals surface area contributed by atoms with Crippen LogP contribution in [0.1, 0.15) is 6.55 Å². The highest BCUT2D eigenvalue weighted by Crippen LogP contribution is 2.33. The highest BCUT2D eigenvalue weighted by molar-refractivity contribution is 6.33. The van der Waals surface area contributed by atoms with E-state index >= 15 is 0 Å². The molecule has 5 nitrogen and oxygen atoms in total. The third kappa shape index (κ3) is 1.81. The van der Waals surface area contributed by atoms with Crippen molar-refractivity contribution in [2.75, 3.05) is 0 Å². The Bertz CT molecular complexity index is 496. The second kappa shape index (κ2) is 4.01. The first-order valence-corrected chi connectivity index (χ1v) is 4.53. The Morgan fingerprint density at radius 1 is 1.38 bits per heavy atom. The van der Waals surface area contributed by atoms with E-state index in [4.69, 9.17) is 11.6 Å². The summed E-state index contributed by atoms with van der Waals surface area (Å²) in [5.41, 5.74) is 0.0797. The minimum Gasteiger partial charge on any atom is -0.507 e. The largest absolute Gasteiger partial charge is 0.507 e. The average Bonchev–Trinajstić information content (AvgIpc) is 2.66. The molecule has 0 spiro atoms. The molecular formula is C8H5ClF2N4O. The molecule has 8 heteroatoms. The van der Waals surface area contributed by atoms with Gasteiger partial charge < -0.3 is 5.11 Å². The predicted octanol–water partition coefficient (Wildman–Crippen LogP) is 2.09. The first-order chi connectivity index (χ1) is 7.59. The van der Waals surface area contributed by atoms with Gasteiger partial charge in [0.15, 0.2) is 0 Å². The fourth-order valence-electron chi connectivity index (χ4n) is 1.14. The zero-order valence-corrected chi connectivity index (χ0v) is 8.44. The lowest BCUT2D eigenvalue weighted by Crippen LogP contribution is -2.02. The van der Waals surface area contributed by atoms with Crippen molar-refractivity contribution in [2.24, 2.45) is 0 Å². The summed E-state index contributed by atoms with van der Waals surface area (Å²) in [6.07, 6.45) is 0. The van der Waals surface area contributed by atoms with Gasteiger partial charge in [-0.15, -0.1) is 10.2 Å². The quantitative estimate of drug-likeness (QED) is 0.881. The number of benzene rings is 1. The molecule has 2 rings (SSSR count). The van der Waals surface area contributed by atoms with Crippen LogP contribution in [0.2, 0.25) is 5.02 Å². The van der Waals surface area contributed by atoms with Crippen LogP contribution in [0.15, 0.2) is 18.2 Å². The summed E-state index contributed by atoms with van der Waals surface area (Å²) in [7, 11) is 0. The Hall–Kier alpha value is -1.76. The molecule has 0 bridgehead atoms. The highest BCUT2D eigenvalue weighted by Gasteiger charge is 2.17. The van der Waals surface area contributed by atoms with Gasteiger partial charge in [0.2, 0.25) is 5.82 Å². The standard InChI is InChI=1S/C8H5ClF2N4O/c9-4-2-1-3-5(16)6(4)7-12-14-15(13-7)8(10)11/h1-3,8,16H. The molecule has 0 aliphatic carbocycles. The van der Waals surface area contributed by atoms with Crippen molar-refractivity contribution in [3.8, 4) is 17.1 Å². The van der Waals surface area contributed by atoms with E-state index in [0.717, 1.165) is 0 Å². The monoisotopic (exact) mass is 246 g/mol. The topological polar surface area (TPSA) is 63.8 Å². The normalized spacial score (nSPS) is 11.0. The van der Waals surface area contributed by atoms with E-state index in [0.29, 0.717) is 0 Å². The van der Waals surface area contributed by atoms with Crippen molar-refractivity contribution in [2.45, 2.75) is 6.55 Å². The Balaban J connectivity index is 2.50. The van der Waals surface area contributed by atoms with Gasteiger partial charge in [-0.05, 0) is 17.3 Å². The number of tetrazole rings is 1. The second-order valence-corrected chi connectivity index (χ2v) is 3.25. The summed E-state index contributed by atoms with van der Waals surface area (Å²) in [5, 5.41) is 19.6. The van der Waals surface area contributed by atoms with E-state index in [1.54, 1.807) is 0 Å². The van der Waals surface area contributed by atoms with Gasteiger partial charge in [0, 0.05) is 0 Å². The lowest BCUT2D eigenvalue weighted by Gasteiger charge is -2.01. The average molecular weight is 247 g/mol. The van der Waals surface area contributed by atoms with Gasteiger partial charge in [0.05, 0.1) is 10.6 Å². The van der Waals surface area contributed by atoms with Gasteiger partial charge in [0.1, 0.15) is 5.75 Å². The van der Waals surface area contributed by atoms with Crippen molar-refractivity contribution in [3.05, 3.63) is 23.2 Å². The Kier molecular flexibility index (Phi) is 2.69. The van der Waals surface area contributed by atoms with E-state index in [9.17, 15) is 13.9 Å². The molecule has 84 valence electrons. The van der Waals surface area contributed by atoms with Crippen molar-refractivity contribution >= 4 is 11.6 Å². The van der Waals surface area contributed by atoms with Crippen LogP contribution < -0.4 is 0 Å². The van der Waals surface area contributed by atoms with E-state index in [1.165, 1.54) is 18.2 Å². The van der Waals surface area contributed by atoms with Crippen LogP contribution in [0.4, 0.5) is 8.78 Å². The van der Waals surface area contributed by atoms with Gasteiger partial charge in [-0.2, -0.15) is 8.78 Å². The lowest BCUT2D eigenvalue weighted by atomic mass is 10.2. The van der Waals surface area contributed by atoms with Crippen LogP contribution in [0.5, 0.6) is 5.75 Å². The number of halogens is 3. The van der Waals surface area contributed by atoms with Crippen molar-refractivity contribution in [1.82, 2.24) is 20.2 Å². The van der Waals surface area contributed by atoms with E-state index in [2.05, 4.69) is 15.4 Å². The number of hydrogen-bond donors (Lipinski definition) is 1. The Morgan fingerprint density at radius 3 is 2.69 bits per heavy atom. The third-order valence-electron chi connectivity index (χ3n) is 1.82. The summed E-state index contributed by atoms with van der Waals surface area (Å²) in [4.78, 5) is 0.137. The molecule has 0 amide bonds. The number of nitrogens with zero attached hydrogens (tertiary/aromatic N) is 4. The molecule has 0 fully saturated rings. The lowest BCUT2D eigenvalue weighted by molar-refractivity contribution is 0.0397. The van der Waals surface area contributed by atoms with Crippen LogP contribution in [0.25, 0.3) is 11.4 Å². The van der Waals surface area contributed by atoms with Gasteiger partial charge in [-0.3, -0.25) is 0 Å². The molecule has 2 aromatic rings. The fraction of sp³-hybridized carbons (Fsp3) is 0.125. The number of rotatable bonds is 2. The number of phenolic OH excluding ortho intramolecular Hbond substituents is 1. The molecule has 0 saturated carbocycles. The molecule has 0 radical (unpaired) electrons. The van der Waals surface area contributed by atoms with Gasteiger partial charge >= 0.3 is 6.55 Å².